The highest BCUT2D eigenvalue weighted by Gasteiger charge is 2.32. The molecular weight excluding hydrogens is 533 g/mol. The summed E-state index contributed by atoms with van der Waals surface area (Å²) in [5.74, 6) is -0.950. The van der Waals surface area contributed by atoms with E-state index >= 15 is 0 Å². The number of anilines is 1. The molecule has 3 aromatic carbocycles. The highest BCUT2D eigenvalue weighted by Crippen LogP contribution is 2.26. The maximum Gasteiger partial charge on any atom is 0.264 e. The van der Waals surface area contributed by atoms with Crippen molar-refractivity contribution in [3.8, 4) is 5.75 Å². The van der Waals surface area contributed by atoms with Crippen LogP contribution < -0.4 is 14.4 Å². The third-order valence-electron chi connectivity index (χ3n) is 6.52. The Kier molecular flexibility index (Phi) is 11.1. The van der Waals surface area contributed by atoms with Crippen LogP contribution >= 0.6 is 0 Å². The standard InChI is InChI=1S/C30H36FN3O5S/c1-4-5-20-32-30(36)23(2)33(21-19-24-9-7-6-8-10-24)29(35)22-34(26-13-11-25(31)12-14-26)40(37,38)28-17-15-27(39-3)16-18-28/h6-18,23H,4-5,19-22H2,1-3H3,(H,32,36)/t23-/m1/s1. The monoisotopic (exact) mass is 569 g/mol. The first kappa shape index (κ1) is 30.6. The molecule has 40 heavy (non-hydrogen) atoms. The Bertz CT molecular complexity index is 1350. The third-order valence-corrected chi connectivity index (χ3v) is 8.31. The van der Waals surface area contributed by atoms with Crippen LogP contribution in [0.15, 0.2) is 83.8 Å². The highest BCUT2D eigenvalue weighted by atomic mass is 32.2. The number of nitrogens with zero attached hydrogens (tertiary/aromatic N) is 2. The Balaban J connectivity index is 1.94. The van der Waals surface area contributed by atoms with Gasteiger partial charge in [0.2, 0.25) is 11.8 Å². The summed E-state index contributed by atoms with van der Waals surface area (Å²) in [4.78, 5) is 28.1. The summed E-state index contributed by atoms with van der Waals surface area (Å²) < 4.78 is 47.3. The van der Waals surface area contributed by atoms with Crippen molar-refractivity contribution in [2.24, 2.45) is 0 Å². The predicted molar refractivity (Wildman–Crippen MR) is 153 cm³/mol. The third kappa shape index (κ3) is 8.05. The molecule has 0 unspecified atom stereocenters. The summed E-state index contributed by atoms with van der Waals surface area (Å²) in [7, 11) is -2.78. The second-order valence-electron chi connectivity index (χ2n) is 9.31. The number of unbranched alkanes of at least 4 members (excludes halogenated alkanes) is 1. The number of carbonyl (C=O) groups is 2. The SMILES string of the molecule is CCCCNC(=O)[C@@H](C)N(CCc1ccccc1)C(=O)CN(c1ccc(F)cc1)S(=O)(=O)c1ccc(OC)cc1. The molecule has 0 aliphatic heterocycles. The normalized spacial score (nSPS) is 11.9. The molecule has 3 aromatic rings. The Hall–Kier alpha value is -3.92. The van der Waals surface area contributed by atoms with Gasteiger partial charge in [-0.15, -0.1) is 0 Å². The molecule has 0 bridgehead atoms. The number of benzene rings is 3. The van der Waals surface area contributed by atoms with Gasteiger partial charge in [-0.2, -0.15) is 0 Å². The Labute approximate surface area is 235 Å². The van der Waals surface area contributed by atoms with Crippen LogP contribution in [-0.4, -0.2) is 57.9 Å². The lowest BCUT2D eigenvalue weighted by molar-refractivity contribution is -0.138. The van der Waals surface area contributed by atoms with E-state index in [9.17, 15) is 22.4 Å². The van der Waals surface area contributed by atoms with Gasteiger partial charge in [0.15, 0.2) is 0 Å². The van der Waals surface area contributed by atoms with Crippen molar-refractivity contribution < 1.29 is 27.1 Å². The van der Waals surface area contributed by atoms with Crippen LogP contribution in [0.2, 0.25) is 0 Å². The van der Waals surface area contributed by atoms with Gasteiger partial charge in [0.25, 0.3) is 10.0 Å². The van der Waals surface area contributed by atoms with E-state index in [1.54, 1.807) is 6.92 Å². The van der Waals surface area contributed by atoms with Crippen molar-refractivity contribution in [3.05, 3.63) is 90.2 Å². The van der Waals surface area contributed by atoms with Crippen LogP contribution in [0, 0.1) is 5.82 Å². The summed E-state index contributed by atoms with van der Waals surface area (Å²) in [6.45, 7) is 3.74. The number of amides is 2. The van der Waals surface area contributed by atoms with Crippen LogP contribution in [0.3, 0.4) is 0 Å². The van der Waals surface area contributed by atoms with Gasteiger partial charge < -0.3 is 15.0 Å². The number of carbonyl (C=O) groups excluding carboxylic acids is 2. The van der Waals surface area contributed by atoms with Gasteiger partial charge >= 0.3 is 0 Å². The summed E-state index contributed by atoms with van der Waals surface area (Å²) >= 11 is 0. The average molecular weight is 570 g/mol. The number of hydrogen-bond acceptors (Lipinski definition) is 5. The molecule has 0 spiro atoms. The maximum absolute atomic E-state index is 13.8. The quantitative estimate of drug-likeness (QED) is 0.290. The van der Waals surface area contributed by atoms with E-state index in [1.165, 1.54) is 48.4 Å². The lowest BCUT2D eigenvalue weighted by Gasteiger charge is -2.32. The molecule has 10 heteroatoms. The summed E-state index contributed by atoms with van der Waals surface area (Å²) in [6, 6.07) is 19.3. The van der Waals surface area contributed by atoms with Gasteiger partial charge in [-0.05, 0) is 73.9 Å². The predicted octanol–water partition coefficient (Wildman–Crippen LogP) is 4.41. The molecule has 1 atom stereocenters. The zero-order chi connectivity index (χ0) is 29.1. The fourth-order valence-corrected chi connectivity index (χ4v) is 5.53. The van der Waals surface area contributed by atoms with Crippen molar-refractivity contribution in [1.29, 1.82) is 0 Å². The largest absolute Gasteiger partial charge is 0.497 e. The summed E-state index contributed by atoms with van der Waals surface area (Å²) in [6.07, 6.45) is 2.18. The zero-order valence-corrected chi connectivity index (χ0v) is 23.9. The van der Waals surface area contributed by atoms with Crippen LogP contribution in [0.4, 0.5) is 10.1 Å². The first-order chi connectivity index (χ1) is 19.2. The smallest absolute Gasteiger partial charge is 0.264 e. The van der Waals surface area contributed by atoms with E-state index in [0.717, 1.165) is 34.8 Å². The number of methoxy groups -OCH3 is 1. The molecule has 2 amide bonds. The minimum Gasteiger partial charge on any atom is -0.497 e. The van der Waals surface area contributed by atoms with Crippen molar-refractivity contribution in [1.82, 2.24) is 10.2 Å². The Morgan fingerprint density at radius 1 is 0.975 bits per heavy atom. The molecule has 3 rings (SSSR count). The average Bonchev–Trinajstić information content (AvgIpc) is 2.97. The van der Waals surface area contributed by atoms with Gasteiger partial charge in [0, 0.05) is 13.1 Å². The van der Waals surface area contributed by atoms with Gasteiger partial charge in [-0.3, -0.25) is 13.9 Å². The number of nitrogens with one attached hydrogen (secondary N) is 1. The van der Waals surface area contributed by atoms with E-state index in [4.69, 9.17) is 4.74 Å². The number of halogens is 1. The zero-order valence-electron chi connectivity index (χ0n) is 23.0. The topological polar surface area (TPSA) is 96.0 Å². The second kappa shape index (κ2) is 14.5. The molecule has 0 saturated carbocycles. The van der Waals surface area contributed by atoms with Crippen molar-refractivity contribution >= 4 is 27.5 Å². The van der Waals surface area contributed by atoms with Crippen molar-refractivity contribution in [3.63, 3.8) is 0 Å². The number of hydrogen-bond donors (Lipinski definition) is 1. The van der Waals surface area contributed by atoms with Gasteiger partial charge in [-0.25, -0.2) is 12.8 Å². The molecule has 0 aliphatic carbocycles. The summed E-state index contributed by atoms with van der Waals surface area (Å²) in [5, 5.41) is 2.86. The second-order valence-corrected chi connectivity index (χ2v) is 11.2. The minimum atomic E-state index is -4.24. The fourth-order valence-electron chi connectivity index (χ4n) is 4.12. The molecule has 214 valence electrons. The fraction of sp³-hybridized carbons (Fsp3) is 0.333. The highest BCUT2D eigenvalue weighted by molar-refractivity contribution is 7.92. The van der Waals surface area contributed by atoms with Crippen molar-refractivity contribution in [2.45, 2.75) is 44.0 Å². The Morgan fingerprint density at radius 3 is 2.23 bits per heavy atom. The minimum absolute atomic E-state index is 0.0633. The molecule has 0 saturated heterocycles. The molecule has 1 N–H and O–H groups in total. The molecule has 8 nitrogen and oxygen atoms in total. The van der Waals surface area contributed by atoms with Crippen LogP contribution in [0.1, 0.15) is 32.3 Å². The Morgan fingerprint density at radius 2 is 1.62 bits per heavy atom. The van der Waals surface area contributed by atoms with E-state index in [-0.39, 0.29) is 23.0 Å². The lowest BCUT2D eigenvalue weighted by Crippen LogP contribution is -2.52. The first-order valence-electron chi connectivity index (χ1n) is 13.2. The van der Waals surface area contributed by atoms with Crippen LogP contribution in [0.5, 0.6) is 5.75 Å². The van der Waals surface area contributed by atoms with E-state index in [0.29, 0.717) is 18.7 Å². The van der Waals surface area contributed by atoms with Gasteiger partial charge in [0.05, 0.1) is 17.7 Å². The van der Waals surface area contributed by atoms with E-state index in [1.807, 2.05) is 37.3 Å². The maximum atomic E-state index is 13.8. The van der Waals surface area contributed by atoms with Crippen LogP contribution in [-0.2, 0) is 26.0 Å². The van der Waals surface area contributed by atoms with Crippen LogP contribution in [0.25, 0.3) is 0 Å². The van der Waals surface area contributed by atoms with E-state index < -0.39 is 34.3 Å². The molecule has 0 fully saturated rings. The van der Waals surface area contributed by atoms with Crippen molar-refractivity contribution in [2.75, 3.05) is 31.0 Å². The molecule has 0 aromatic heterocycles. The molecule has 0 aliphatic rings. The number of ether oxygens (including phenoxy) is 1. The van der Waals surface area contributed by atoms with Gasteiger partial charge in [-0.1, -0.05) is 43.7 Å². The first-order valence-corrected chi connectivity index (χ1v) is 14.6. The van der Waals surface area contributed by atoms with E-state index in [2.05, 4.69) is 5.32 Å². The van der Waals surface area contributed by atoms with Gasteiger partial charge in [0.1, 0.15) is 24.2 Å². The number of rotatable bonds is 14. The molecule has 0 radical (unpaired) electrons. The lowest BCUT2D eigenvalue weighted by atomic mass is 10.1. The molecule has 0 heterocycles. The molecular formula is C30H36FN3O5S. The number of sulfonamides is 1. The summed E-state index contributed by atoms with van der Waals surface area (Å²) in [5.41, 5.74) is 1.09.